The molecule has 13 heavy (non-hydrogen) atoms. The highest BCUT2D eigenvalue weighted by Crippen LogP contribution is 2.25. The zero-order valence-corrected chi connectivity index (χ0v) is 9.14. The minimum absolute atomic E-state index is 0.257. The van der Waals surface area contributed by atoms with E-state index in [9.17, 15) is 0 Å². The van der Waals surface area contributed by atoms with E-state index in [0.29, 0.717) is 0 Å². The van der Waals surface area contributed by atoms with Crippen LogP contribution >= 0.6 is 27.5 Å². The van der Waals surface area contributed by atoms with Gasteiger partial charge in [-0.15, -0.1) is 0 Å². The molecule has 0 aromatic heterocycles. The highest BCUT2D eigenvalue weighted by Gasteiger charge is 2.17. The van der Waals surface area contributed by atoms with Crippen LogP contribution in [0.1, 0.15) is 18.0 Å². The minimum Gasteiger partial charge on any atom is -0.301 e. The Morgan fingerprint density at radius 3 is 3.00 bits per heavy atom. The van der Waals surface area contributed by atoms with Gasteiger partial charge in [0, 0.05) is 11.4 Å². The third-order valence-electron chi connectivity index (χ3n) is 1.97. The van der Waals surface area contributed by atoms with E-state index in [1.165, 1.54) is 5.56 Å². The van der Waals surface area contributed by atoms with Crippen LogP contribution in [-0.4, -0.2) is 4.62 Å². The summed E-state index contributed by atoms with van der Waals surface area (Å²) in [6.45, 7) is 0. The van der Waals surface area contributed by atoms with Gasteiger partial charge in [0.05, 0.1) is 6.04 Å². The van der Waals surface area contributed by atoms with Crippen molar-refractivity contribution in [3.8, 4) is 0 Å². The highest BCUT2D eigenvalue weighted by molar-refractivity contribution is 9.18. The second-order valence-corrected chi connectivity index (χ2v) is 4.28. The third-order valence-corrected chi connectivity index (χ3v) is 2.70. The molecule has 0 bridgehead atoms. The largest absolute Gasteiger partial charge is 0.301 e. The fraction of sp³-hybridized carbons (Fsp3) is 0.222. The van der Waals surface area contributed by atoms with Crippen LogP contribution in [0.15, 0.2) is 29.4 Å². The van der Waals surface area contributed by atoms with Crippen LogP contribution in [0.4, 0.5) is 0 Å². The van der Waals surface area contributed by atoms with E-state index in [0.717, 1.165) is 16.1 Å². The first-order valence-corrected chi connectivity index (χ1v) is 5.16. The summed E-state index contributed by atoms with van der Waals surface area (Å²) in [4.78, 5) is 0. The Morgan fingerprint density at radius 1 is 1.54 bits per heavy atom. The zero-order valence-electron chi connectivity index (χ0n) is 6.80. The maximum Gasteiger partial charge on any atom is 0.105 e. The highest BCUT2D eigenvalue weighted by atomic mass is 79.9. The fourth-order valence-corrected chi connectivity index (χ4v) is 1.95. The lowest BCUT2D eigenvalue weighted by molar-refractivity contribution is 0.620. The van der Waals surface area contributed by atoms with Crippen LogP contribution in [0.2, 0.25) is 5.02 Å². The van der Waals surface area contributed by atoms with Crippen molar-refractivity contribution >= 4 is 32.2 Å². The molecule has 0 aliphatic carbocycles. The van der Waals surface area contributed by atoms with Gasteiger partial charge in [0.1, 0.15) is 4.62 Å². The topological polar surface area (TPSA) is 24.4 Å². The van der Waals surface area contributed by atoms with E-state index in [4.69, 9.17) is 11.6 Å². The molecule has 0 fully saturated rings. The van der Waals surface area contributed by atoms with E-state index in [2.05, 4.69) is 26.5 Å². The van der Waals surface area contributed by atoms with Gasteiger partial charge >= 0.3 is 0 Å². The molecular formula is C9H8BrClN2. The number of hydrogen-bond acceptors (Lipinski definition) is 2. The van der Waals surface area contributed by atoms with Crippen molar-refractivity contribution in [1.82, 2.24) is 5.43 Å². The molecule has 1 unspecified atom stereocenters. The summed E-state index contributed by atoms with van der Waals surface area (Å²) in [5.41, 5.74) is 4.20. The summed E-state index contributed by atoms with van der Waals surface area (Å²) in [6.07, 6.45) is 0.889. The van der Waals surface area contributed by atoms with Crippen molar-refractivity contribution in [2.45, 2.75) is 12.5 Å². The van der Waals surface area contributed by atoms with E-state index in [-0.39, 0.29) is 6.04 Å². The monoisotopic (exact) mass is 258 g/mol. The molecule has 1 aromatic carbocycles. The molecule has 0 radical (unpaired) electrons. The standard InChI is InChI=1S/C9H8BrClN2/c10-9-5-8(12-13-9)6-2-1-3-7(11)4-6/h1-4,8,12H,5H2. The first-order chi connectivity index (χ1) is 6.25. The van der Waals surface area contributed by atoms with Gasteiger partial charge < -0.3 is 5.43 Å². The summed E-state index contributed by atoms with van der Waals surface area (Å²) in [5, 5.41) is 4.83. The Labute approximate surface area is 90.1 Å². The van der Waals surface area contributed by atoms with Crippen molar-refractivity contribution in [2.75, 3.05) is 0 Å². The van der Waals surface area contributed by atoms with Gasteiger partial charge in [-0.2, -0.15) is 5.10 Å². The van der Waals surface area contributed by atoms with Crippen LogP contribution in [0.3, 0.4) is 0 Å². The molecule has 1 aliphatic rings. The molecule has 1 aliphatic heterocycles. The van der Waals surface area contributed by atoms with E-state index >= 15 is 0 Å². The first kappa shape index (κ1) is 9.03. The number of nitrogens with one attached hydrogen (secondary N) is 1. The zero-order chi connectivity index (χ0) is 9.26. The summed E-state index contributed by atoms with van der Waals surface area (Å²) >= 11 is 9.23. The van der Waals surface area contributed by atoms with Crippen molar-refractivity contribution in [3.05, 3.63) is 34.9 Å². The number of rotatable bonds is 1. The third kappa shape index (κ3) is 2.03. The van der Waals surface area contributed by atoms with Crippen molar-refractivity contribution in [3.63, 3.8) is 0 Å². The number of benzene rings is 1. The Hall–Kier alpha value is -0.540. The van der Waals surface area contributed by atoms with E-state index in [1.807, 2.05) is 24.3 Å². The lowest BCUT2D eigenvalue weighted by atomic mass is 10.1. The van der Waals surface area contributed by atoms with Crippen LogP contribution in [-0.2, 0) is 0 Å². The predicted molar refractivity (Wildman–Crippen MR) is 58.3 cm³/mol. The molecule has 68 valence electrons. The molecule has 1 atom stereocenters. The van der Waals surface area contributed by atoms with Crippen LogP contribution in [0, 0.1) is 0 Å². The summed E-state index contributed by atoms with van der Waals surface area (Å²) < 4.78 is 0.956. The van der Waals surface area contributed by atoms with Gasteiger partial charge in [0.2, 0.25) is 0 Å². The summed E-state index contributed by atoms with van der Waals surface area (Å²) in [6, 6.07) is 8.08. The van der Waals surface area contributed by atoms with E-state index in [1.54, 1.807) is 0 Å². The molecule has 0 amide bonds. The molecule has 2 nitrogen and oxygen atoms in total. The maximum atomic E-state index is 5.88. The van der Waals surface area contributed by atoms with Crippen molar-refractivity contribution in [2.24, 2.45) is 5.10 Å². The molecule has 1 aromatic rings. The van der Waals surface area contributed by atoms with Gasteiger partial charge in [-0.05, 0) is 33.6 Å². The molecule has 0 spiro atoms. The summed E-state index contributed by atoms with van der Waals surface area (Å²) in [7, 11) is 0. The lowest BCUT2D eigenvalue weighted by Gasteiger charge is -2.09. The van der Waals surface area contributed by atoms with E-state index < -0.39 is 0 Å². The molecule has 0 saturated carbocycles. The van der Waals surface area contributed by atoms with Gasteiger partial charge in [-0.3, -0.25) is 0 Å². The Morgan fingerprint density at radius 2 is 2.38 bits per heavy atom. The second kappa shape index (κ2) is 3.68. The quantitative estimate of drug-likeness (QED) is 0.823. The van der Waals surface area contributed by atoms with Gasteiger partial charge in [0.15, 0.2) is 0 Å². The average molecular weight is 260 g/mol. The van der Waals surface area contributed by atoms with Crippen LogP contribution in [0.25, 0.3) is 0 Å². The second-order valence-electron chi connectivity index (χ2n) is 2.93. The molecule has 1 heterocycles. The number of nitrogens with zero attached hydrogens (tertiary/aromatic N) is 1. The minimum atomic E-state index is 0.257. The Kier molecular flexibility index (Phi) is 2.56. The van der Waals surface area contributed by atoms with Gasteiger partial charge in [0.25, 0.3) is 0 Å². The van der Waals surface area contributed by atoms with Gasteiger partial charge in [-0.25, -0.2) is 0 Å². The first-order valence-electron chi connectivity index (χ1n) is 3.99. The van der Waals surface area contributed by atoms with Crippen LogP contribution in [0.5, 0.6) is 0 Å². The van der Waals surface area contributed by atoms with Crippen LogP contribution < -0.4 is 5.43 Å². The van der Waals surface area contributed by atoms with Crippen molar-refractivity contribution in [1.29, 1.82) is 0 Å². The average Bonchev–Trinajstić information content (AvgIpc) is 2.52. The molecular weight excluding hydrogens is 251 g/mol. The lowest BCUT2D eigenvalue weighted by Crippen LogP contribution is -2.09. The molecule has 1 N–H and O–H groups in total. The number of hydrogen-bond donors (Lipinski definition) is 1. The maximum absolute atomic E-state index is 5.88. The molecule has 0 saturated heterocycles. The molecule has 2 rings (SSSR count). The van der Waals surface area contributed by atoms with Crippen molar-refractivity contribution < 1.29 is 0 Å². The van der Waals surface area contributed by atoms with Gasteiger partial charge in [-0.1, -0.05) is 23.7 Å². The Balaban J connectivity index is 2.18. The number of hydrazone groups is 1. The number of halogens is 2. The summed E-state index contributed by atoms with van der Waals surface area (Å²) in [5.74, 6) is 0. The molecule has 4 heteroatoms. The predicted octanol–water partition coefficient (Wildman–Crippen LogP) is 3.08. The SMILES string of the molecule is Clc1cccc(C2CC(Br)=NN2)c1. The fourth-order valence-electron chi connectivity index (χ4n) is 1.32. The Bertz CT molecular complexity index is 351. The normalized spacial score (nSPS) is 21.1. The smallest absolute Gasteiger partial charge is 0.105 e.